The van der Waals surface area contributed by atoms with Gasteiger partial charge in [-0.2, -0.15) is 0 Å². The number of aryl methyl sites for hydroxylation is 1. The molecule has 0 aliphatic rings. The van der Waals surface area contributed by atoms with Crippen LogP contribution in [0.15, 0.2) is 70.9 Å². The highest BCUT2D eigenvalue weighted by atomic mass is 32.2. The van der Waals surface area contributed by atoms with Gasteiger partial charge in [-0.05, 0) is 36.8 Å². The van der Waals surface area contributed by atoms with Crippen molar-refractivity contribution in [1.82, 2.24) is 0 Å². The SMILES string of the molecule is Cc1ccccc1NC(=O)c1cc(S(=O)(=O)Nc2ccccc2)cs1. The maximum atomic E-state index is 12.4. The highest BCUT2D eigenvalue weighted by Crippen LogP contribution is 2.23. The Morgan fingerprint density at radius 3 is 2.40 bits per heavy atom. The lowest BCUT2D eigenvalue weighted by Gasteiger charge is -2.07. The average Bonchev–Trinajstić information content (AvgIpc) is 3.09. The zero-order valence-corrected chi connectivity index (χ0v) is 15.0. The van der Waals surface area contributed by atoms with E-state index in [-0.39, 0.29) is 10.8 Å². The third kappa shape index (κ3) is 4.07. The lowest BCUT2D eigenvalue weighted by molar-refractivity contribution is 0.103. The molecule has 0 aliphatic heterocycles. The van der Waals surface area contributed by atoms with Crippen LogP contribution in [0.5, 0.6) is 0 Å². The number of rotatable bonds is 5. The summed E-state index contributed by atoms with van der Waals surface area (Å²) in [5, 5.41) is 4.25. The smallest absolute Gasteiger partial charge is 0.265 e. The molecule has 2 aromatic carbocycles. The van der Waals surface area contributed by atoms with Gasteiger partial charge in [0.15, 0.2) is 0 Å². The van der Waals surface area contributed by atoms with Crippen molar-refractivity contribution in [3.8, 4) is 0 Å². The molecule has 0 bridgehead atoms. The molecule has 0 spiro atoms. The summed E-state index contributed by atoms with van der Waals surface area (Å²) in [6.07, 6.45) is 0. The van der Waals surface area contributed by atoms with Crippen LogP contribution in [-0.2, 0) is 10.0 Å². The van der Waals surface area contributed by atoms with Crippen molar-refractivity contribution < 1.29 is 13.2 Å². The van der Waals surface area contributed by atoms with Crippen LogP contribution in [0.1, 0.15) is 15.2 Å². The normalized spacial score (nSPS) is 11.1. The predicted octanol–water partition coefficient (Wildman–Crippen LogP) is 4.11. The number of carbonyl (C=O) groups is 1. The maximum Gasteiger partial charge on any atom is 0.265 e. The highest BCUT2D eigenvalue weighted by molar-refractivity contribution is 7.92. The fourth-order valence-electron chi connectivity index (χ4n) is 2.20. The van der Waals surface area contributed by atoms with E-state index in [1.807, 2.05) is 25.1 Å². The van der Waals surface area contributed by atoms with E-state index in [0.29, 0.717) is 16.3 Å². The first-order valence-corrected chi connectivity index (χ1v) is 9.85. The van der Waals surface area contributed by atoms with Crippen LogP contribution in [0.2, 0.25) is 0 Å². The zero-order chi connectivity index (χ0) is 17.9. The lowest BCUT2D eigenvalue weighted by atomic mass is 10.2. The van der Waals surface area contributed by atoms with Crippen LogP contribution in [0.4, 0.5) is 11.4 Å². The summed E-state index contributed by atoms with van der Waals surface area (Å²) >= 11 is 1.09. The summed E-state index contributed by atoms with van der Waals surface area (Å²) in [6.45, 7) is 1.89. The van der Waals surface area contributed by atoms with E-state index < -0.39 is 10.0 Å². The molecular weight excluding hydrogens is 356 g/mol. The van der Waals surface area contributed by atoms with Crippen molar-refractivity contribution in [2.75, 3.05) is 10.0 Å². The molecule has 2 N–H and O–H groups in total. The second-order valence-electron chi connectivity index (χ2n) is 5.39. The lowest BCUT2D eigenvalue weighted by Crippen LogP contribution is -2.13. The van der Waals surface area contributed by atoms with Crippen LogP contribution < -0.4 is 10.0 Å². The number of benzene rings is 2. The van der Waals surface area contributed by atoms with Gasteiger partial charge in [0.2, 0.25) is 0 Å². The number of para-hydroxylation sites is 2. The molecule has 0 saturated heterocycles. The van der Waals surface area contributed by atoms with Crippen LogP contribution in [0.25, 0.3) is 0 Å². The van der Waals surface area contributed by atoms with E-state index in [2.05, 4.69) is 10.0 Å². The summed E-state index contributed by atoms with van der Waals surface area (Å²) in [5.74, 6) is -0.333. The summed E-state index contributed by atoms with van der Waals surface area (Å²) < 4.78 is 27.3. The Kier molecular flexibility index (Phi) is 4.87. The highest BCUT2D eigenvalue weighted by Gasteiger charge is 2.19. The summed E-state index contributed by atoms with van der Waals surface area (Å²) in [6, 6.07) is 17.4. The minimum Gasteiger partial charge on any atom is -0.321 e. The van der Waals surface area contributed by atoms with E-state index in [4.69, 9.17) is 0 Å². The van der Waals surface area contributed by atoms with Crippen LogP contribution in [0, 0.1) is 6.92 Å². The molecule has 1 heterocycles. The van der Waals surface area contributed by atoms with E-state index in [1.54, 1.807) is 36.4 Å². The molecule has 0 fully saturated rings. The van der Waals surface area contributed by atoms with E-state index in [1.165, 1.54) is 11.4 Å². The van der Waals surface area contributed by atoms with Gasteiger partial charge in [-0.3, -0.25) is 9.52 Å². The molecule has 25 heavy (non-hydrogen) atoms. The molecular formula is C18H16N2O3S2. The molecule has 1 aromatic heterocycles. The summed E-state index contributed by atoms with van der Waals surface area (Å²) in [4.78, 5) is 12.7. The Labute approximate surface area is 150 Å². The third-order valence-corrected chi connectivity index (χ3v) is 5.97. The number of amides is 1. The Morgan fingerprint density at radius 1 is 1.00 bits per heavy atom. The third-order valence-electron chi connectivity index (χ3n) is 3.53. The Bertz CT molecular complexity index is 996. The Balaban J connectivity index is 1.77. The minimum absolute atomic E-state index is 0.0660. The number of thiophene rings is 1. The largest absolute Gasteiger partial charge is 0.321 e. The van der Waals surface area contributed by atoms with Gasteiger partial charge < -0.3 is 5.32 Å². The number of nitrogens with one attached hydrogen (secondary N) is 2. The second kappa shape index (κ2) is 7.08. The molecule has 0 saturated carbocycles. The van der Waals surface area contributed by atoms with Gasteiger partial charge in [0, 0.05) is 16.8 Å². The molecule has 3 aromatic rings. The molecule has 0 atom stereocenters. The van der Waals surface area contributed by atoms with Crippen LogP contribution >= 0.6 is 11.3 Å². The van der Waals surface area contributed by atoms with Gasteiger partial charge in [-0.25, -0.2) is 8.42 Å². The van der Waals surface area contributed by atoms with Crippen molar-refractivity contribution in [3.05, 3.63) is 76.5 Å². The number of hydrogen-bond acceptors (Lipinski definition) is 4. The van der Waals surface area contributed by atoms with Crippen molar-refractivity contribution in [2.45, 2.75) is 11.8 Å². The predicted molar refractivity (Wildman–Crippen MR) is 101 cm³/mol. The first kappa shape index (κ1) is 17.2. The maximum absolute atomic E-state index is 12.4. The molecule has 7 heteroatoms. The summed E-state index contributed by atoms with van der Waals surface area (Å²) in [5.41, 5.74) is 2.11. The first-order valence-electron chi connectivity index (χ1n) is 7.49. The molecule has 0 radical (unpaired) electrons. The van der Waals surface area contributed by atoms with E-state index >= 15 is 0 Å². The van der Waals surface area contributed by atoms with Gasteiger partial charge in [0.25, 0.3) is 15.9 Å². The number of hydrogen-bond donors (Lipinski definition) is 2. The van der Waals surface area contributed by atoms with E-state index in [9.17, 15) is 13.2 Å². The minimum atomic E-state index is -3.73. The van der Waals surface area contributed by atoms with Gasteiger partial charge in [-0.1, -0.05) is 36.4 Å². The van der Waals surface area contributed by atoms with Crippen molar-refractivity contribution in [1.29, 1.82) is 0 Å². The second-order valence-corrected chi connectivity index (χ2v) is 7.98. The van der Waals surface area contributed by atoms with Crippen molar-refractivity contribution in [2.24, 2.45) is 0 Å². The monoisotopic (exact) mass is 372 g/mol. The van der Waals surface area contributed by atoms with Crippen LogP contribution in [0.3, 0.4) is 0 Å². The molecule has 128 valence electrons. The molecule has 0 unspecified atom stereocenters. The molecule has 3 rings (SSSR count). The fourth-order valence-corrected chi connectivity index (χ4v) is 4.42. The zero-order valence-electron chi connectivity index (χ0n) is 13.4. The summed E-state index contributed by atoms with van der Waals surface area (Å²) in [7, 11) is -3.73. The van der Waals surface area contributed by atoms with Gasteiger partial charge in [0.1, 0.15) is 0 Å². The van der Waals surface area contributed by atoms with Gasteiger partial charge in [0.05, 0.1) is 9.77 Å². The number of carbonyl (C=O) groups excluding carboxylic acids is 1. The number of sulfonamides is 1. The average molecular weight is 372 g/mol. The molecule has 0 aliphatic carbocycles. The standard InChI is InChI=1S/C18H16N2O3S2/c1-13-7-5-6-10-16(13)19-18(21)17-11-15(12-24-17)25(22,23)20-14-8-3-2-4-9-14/h2-12,20H,1H3,(H,19,21). The van der Waals surface area contributed by atoms with Gasteiger partial charge in [-0.15, -0.1) is 11.3 Å². The van der Waals surface area contributed by atoms with Crippen molar-refractivity contribution >= 4 is 38.6 Å². The molecule has 5 nitrogen and oxygen atoms in total. The number of anilines is 2. The van der Waals surface area contributed by atoms with E-state index in [0.717, 1.165) is 16.9 Å². The first-order chi connectivity index (χ1) is 12.0. The Morgan fingerprint density at radius 2 is 1.68 bits per heavy atom. The fraction of sp³-hybridized carbons (Fsp3) is 0.0556. The topological polar surface area (TPSA) is 75.3 Å². The van der Waals surface area contributed by atoms with Gasteiger partial charge >= 0.3 is 0 Å². The van der Waals surface area contributed by atoms with Crippen LogP contribution in [-0.4, -0.2) is 14.3 Å². The molecule has 1 amide bonds. The Hall–Kier alpha value is -2.64. The quantitative estimate of drug-likeness (QED) is 0.708. The van der Waals surface area contributed by atoms with Crippen molar-refractivity contribution in [3.63, 3.8) is 0 Å².